The molecule has 1 fully saturated rings. The van der Waals surface area contributed by atoms with Crippen molar-refractivity contribution in [1.82, 2.24) is 0 Å². The number of aliphatic carboxylic acids is 1. The Hall–Kier alpha value is -1.14. The minimum Gasteiger partial charge on any atom is -0.481 e. The quantitative estimate of drug-likeness (QED) is 0.305. The highest BCUT2D eigenvalue weighted by Crippen LogP contribution is 2.26. The van der Waals surface area contributed by atoms with Gasteiger partial charge in [-0.1, -0.05) is 6.92 Å². The first-order valence-electron chi connectivity index (χ1n) is 8.05. The molecule has 0 amide bonds. The van der Waals surface area contributed by atoms with E-state index in [0.29, 0.717) is 45.3 Å². The highest BCUT2D eigenvalue weighted by molar-refractivity contribution is 5.75. The van der Waals surface area contributed by atoms with Gasteiger partial charge in [-0.2, -0.15) is 0 Å². The summed E-state index contributed by atoms with van der Waals surface area (Å²) < 4.78 is 5.19. The maximum absolute atomic E-state index is 11.7. The summed E-state index contributed by atoms with van der Waals surface area (Å²) in [5.41, 5.74) is -0.444. The Kier molecular flexibility index (Phi) is 7.82. The van der Waals surface area contributed by atoms with E-state index in [0.717, 1.165) is 6.42 Å². The molecule has 0 aliphatic heterocycles. The number of hydrogen-bond acceptors (Lipinski definition) is 5. The molecule has 0 bridgehead atoms. The van der Waals surface area contributed by atoms with Crippen LogP contribution in [0.2, 0.25) is 0 Å². The first-order chi connectivity index (χ1) is 10.4. The van der Waals surface area contributed by atoms with Crippen LogP contribution >= 0.6 is 0 Å². The van der Waals surface area contributed by atoms with Crippen molar-refractivity contribution >= 4 is 11.9 Å². The molecule has 0 aromatic carbocycles. The van der Waals surface area contributed by atoms with Gasteiger partial charge in [0.05, 0.1) is 30.7 Å². The standard InChI is InChI=1S/C16H28O6/c1-4-16(2,3)15(19)20-10-5-11-21-22-13-8-6-12(7-9-13)14(17)18/h12-13H,4-11H2,1-3H3,(H,17,18). The second kappa shape index (κ2) is 9.10. The third-order valence-electron chi connectivity index (χ3n) is 4.27. The second-order valence-corrected chi connectivity index (χ2v) is 6.46. The lowest BCUT2D eigenvalue weighted by Crippen LogP contribution is -2.27. The fourth-order valence-corrected chi connectivity index (χ4v) is 2.17. The van der Waals surface area contributed by atoms with E-state index in [1.54, 1.807) is 0 Å². The Morgan fingerprint density at radius 2 is 1.77 bits per heavy atom. The fourth-order valence-electron chi connectivity index (χ4n) is 2.17. The summed E-state index contributed by atoms with van der Waals surface area (Å²) in [7, 11) is 0. The van der Waals surface area contributed by atoms with Crippen molar-refractivity contribution in [2.24, 2.45) is 11.3 Å². The topological polar surface area (TPSA) is 82.1 Å². The SMILES string of the molecule is CCC(C)(C)C(=O)OCCCOOC1CCC(C(=O)O)CC1. The molecule has 1 aliphatic rings. The van der Waals surface area contributed by atoms with Gasteiger partial charge in [-0.05, 0) is 46.0 Å². The first kappa shape index (κ1) is 18.9. The van der Waals surface area contributed by atoms with Crippen LogP contribution in [0.1, 0.15) is 59.3 Å². The molecular formula is C16H28O6. The van der Waals surface area contributed by atoms with E-state index in [9.17, 15) is 9.59 Å². The van der Waals surface area contributed by atoms with Gasteiger partial charge in [-0.3, -0.25) is 9.59 Å². The van der Waals surface area contributed by atoms with Gasteiger partial charge in [-0.25, -0.2) is 9.78 Å². The monoisotopic (exact) mass is 316 g/mol. The molecule has 0 aromatic rings. The first-order valence-corrected chi connectivity index (χ1v) is 8.05. The van der Waals surface area contributed by atoms with E-state index >= 15 is 0 Å². The largest absolute Gasteiger partial charge is 0.481 e. The van der Waals surface area contributed by atoms with Gasteiger partial charge in [-0.15, -0.1) is 0 Å². The van der Waals surface area contributed by atoms with Gasteiger partial charge >= 0.3 is 11.9 Å². The zero-order chi connectivity index (χ0) is 16.6. The Morgan fingerprint density at radius 1 is 1.14 bits per heavy atom. The molecular weight excluding hydrogens is 288 g/mol. The van der Waals surface area contributed by atoms with Gasteiger partial charge in [0.1, 0.15) is 0 Å². The number of carboxylic acids is 1. The lowest BCUT2D eigenvalue weighted by molar-refractivity contribution is -0.330. The van der Waals surface area contributed by atoms with Gasteiger partial charge in [0.25, 0.3) is 0 Å². The molecule has 128 valence electrons. The highest BCUT2D eigenvalue weighted by Gasteiger charge is 2.27. The van der Waals surface area contributed by atoms with E-state index in [-0.39, 0.29) is 18.0 Å². The van der Waals surface area contributed by atoms with Crippen molar-refractivity contribution in [3.63, 3.8) is 0 Å². The maximum Gasteiger partial charge on any atom is 0.311 e. The number of carbonyl (C=O) groups excluding carboxylic acids is 1. The van der Waals surface area contributed by atoms with Crippen LogP contribution in [0.25, 0.3) is 0 Å². The Morgan fingerprint density at radius 3 is 2.32 bits per heavy atom. The number of esters is 1. The van der Waals surface area contributed by atoms with E-state index < -0.39 is 11.4 Å². The lowest BCUT2D eigenvalue weighted by atomic mass is 9.88. The molecule has 22 heavy (non-hydrogen) atoms. The molecule has 6 heteroatoms. The van der Waals surface area contributed by atoms with Crippen molar-refractivity contribution in [2.75, 3.05) is 13.2 Å². The minimum atomic E-state index is -0.726. The number of hydrogen-bond donors (Lipinski definition) is 1. The van der Waals surface area contributed by atoms with Crippen LogP contribution in [0.5, 0.6) is 0 Å². The van der Waals surface area contributed by atoms with E-state index in [2.05, 4.69) is 0 Å². The van der Waals surface area contributed by atoms with Crippen LogP contribution in [0.15, 0.2) is 0 Å². The highest BCUT2D eigenvalue weighted by atomic mass is 17.2. The summed E-state index contributed by atoms with van der Waals surface area (Å²) in [6.07, 6.45) is 3.96. The number of carbonyl (C=O) groups is 2. The molecule has 1 rings (SSSR count). The fraction of sp³-hybridized carbons (Fsp3) is 0.875. The Balaban J connectivity index is 2.03. The molecule has 1 saturated carbocycles. The van der Waals surface area contributed by atoms with Crippen molar-refractivity contribution in [1.29, 1.82) is 0 Å². The van der Waals surface area contributed by atoms with Crippen LogP contribution in [0.3, 0.4) is 0 Å². The van der Waals surface area contributed by atoms with Gasteiger partial charge < -0.3 is 9.84 Å². The molecule has 0 heterocycles. The smallest absolute Gasteiger partial charge is 0.311 e. The molecule has 0 unspecified atom stereocenters. The van der Waals surface area contributed by atoms with Crippen LogP contribution in [-0.2, 0) is 24.1 Å². The molecule has 0 spiro atoms. The average molecular weight is 316 g/mol. The zero-order valence-corrected chi connectivity index (χ0v) is 13.8. The molecule has 0 atom stereocenters. The molecule has 0 aromatic heterocycles. The van der Waals surface area contributed by atoms with Gasteiger partial charge in [0.15, 0.2) is 0 Å². The maximum atomic E-state index is 11.7. The van der Waals surface area contributed by atoms with Crippen molar-refractivity contribution in [3.05, 3.63) is 0 Å². The molecule has 0 radical (unpaired) electrons. The Labute approximate surface area is 132 Å². The summed E-state index contributed by atoms with van der Waals surface area (Å²) in [6, 6.07) is 0. The lowest BCUT2D eigenvalue weighted by Gasteiger charge is -2.25. The third kappa shape index (κ3) is 6.32. The molecule has 1 N–H and O–H groups in total. The minimum absolute atomic E-state index is 0.0304. The second-order valence-electron chi connectivity index (χ2n) is 6.46. The number of ether oxygens (including phenoxy) is 1. The predicted molar refractivity (Wildman–Crippen MR) is 80.1 cm³/mol. The Bertz CT molecular complexity index is 358. The normalized spacial score (nSPS) is 22.3. The van der Waals surface area contributed by atoms with E-state index in [4.69, 9.17) is 19.6 Å². The van der Waals surface area contributed by atoms with E-state index in [1.807, 2.05) is 20.8 Å². The van der Waals surface area contributed by atoms with Crippen LogP contribution < -0.4 is 0 Å². The van der Waals surface area contributed by atoms with Crippen LogP contribution in [0.4, 0.5) is 0 Å². The summed E-state index contributed by atoms with van der Waals surface area (Å²) in [5, 5.41) is 8.90. The third-order valence-corrected chi connectivity index (χ3v) is 4.27. The summed E-state index contributed by atoms with van der Waals surface area (Å²) >= 11 is 0. The zero-order valence-electron chi connectivity index (χ0n) is 13.8. The summed E-state index contributed by atoms with van der Waals surface area (Å²) in [4.78, 5) is 32.9. The average Bonchev–Trinajstić information content (AvgIpc) is 2.50. The van der Waals surface area contributed by atoms with Crippen molar-refractivity contribution in [2.45, 2.75) is 65.4 Å². The molecule has 6 nitrogen and oxygen atoms in total. The molecule has 0 saturated heterocycles. The van der Waals surface area contributed by atoms with Gasteiger partial charge in [0.2, 0.25) is 0 Å². The predicted octanol–water partition coefficient (Wildman–Crippen LogP) is 2.95. The summed E-state index contributed by atoms with van der Waals surface area (Å²) in [5.74, 6) is -1.17. The van der Waals surface area contributed by atoms with Crippen LogP contribution in [0, 0.1) is 11.3 Å². The van der Waals surface area contributed by atoms with E-state index in [1.165, 1.54) is 0 Å². The number of carboxylic acid groups (broad SMARTS) is 1. The molecule has 1 aliphatic carbocycles. The van der Waals surface area contributed by atoms with Crippen molar-refractivity contribution < 1.29 is 29.2 Å². The number of rotatable bonds is 9. The van der Waals surface area contributed by atoms with Crippen molar-refractivity contribution in [3.8, 4) is 0 Å². The summed E-state index contributed by atoms with van der Waals surface area (Å²) in [6.45, 7) is 6.36. The van der Waals surface area contributed by atoms with Crippen LogP contribution in [-0.4, -0.2) is 36.4 Å². The van der Waals surface area contributed by atoms with Gasteiger partial charge in [0, 0.05) is 6.42 Å².